The molecule has 1 fully saturated rings. The fourth-order valence-electron chi connectivity index (χ4n) is 3.00. The summed E-state index contributed by atoms with van der Waals surface area (Å²) in [4.78, 5) is 26.7. The van der Waals surface area contributed by atoms with Crippen molar-refractivity contribution in [2.45, 2.75) is 6.61 Å². The molecular formula is C23H13Br2ClFNO3S. The van der Waals surface area contributed by atoms with Gasteiger partial charge in [-0.1, -0.05) is 29.8 Å². The van der Waals surface area contributed by atoms with Crippen molar-refractivity contribution >= 4 is 78.1 Å². The van der Waals surface area contributed by atoms with Gasteiger partial charge in [0.05, 0.1) is 19.5 Å². The smallest absolute Gasteiger partial charge is 0.298 e. The first kappa shape index (κ1) is 23.0. The summed E-state index contributed by atoms with van der Waals surface area (Å²) in [5.74, 6) is -0.248. The van der Waals surface area contributed by atoms with Gasteiger partial charge in [0.25, 0.3) is 11.1 Å². The van der Waals surface area contributed by atoms with Gasteiger partial charge in [-0.3, -0.25) is 9.59 Å². The van der Waals surface area contributed by atoms with Crippen molar-refractivity contribution in [3.8, 4) is 5.75 Å². The first-order valence-corrected chi connectivity index (χ1v) is 12.0. The predicted octanol–water partition coefficient (Wildman–Crippen LogP) is 7.82. The fraction of sp³-hybridized carbons (Fsp3) is 0.0435. The summed E-state index contributed by atoms with van der Waals surface area (Å²) in [5, 5.41) is 0.134. The molecule has 9 heteroatoms. The molecule has 4 nitrogen and oxygen atoms in total. The lowest BCUT2D eigenvalue weighted by molar-refractivity contribution is -0.113. The molecule has 2 amide bonds. The zero-order chi connectivity index (χ0) is 22.8. The maximum atomic E-state index is 13.8. The summed E-state index contributed by atoms with van der Waals surface area (Å²) in [6, 6.07) is 16.4. The number of rotatable bonds is 5. The third kappa shape index (κ3) is 4.93. The van der Waals surface area contributed by atoms with Crippen LogP contribution in [0.4, 0.5) is 14.9 Å². The van der Waals surface area contributed by atoms with Crippen molar-refractivity contribution in [2.75, 3.05) is 4.90 Å². The third-order valence-electron chi connectivity index (χ3n) is 4.53. The minimum Gasteiger partial charge on any atom is -0.486 e. The Balaban J connectivity index is 1.55. The molecule has 1 aliphatic heterocycles. The van der Waals surface area contributed by atoms with Crippen LogP contribution in [0.25, 0.3) is 6.08 Å². The van der Waals surface area contributed by atoms with E-state index in [2.05, 4.69) is 31.9 Å². The highest BCUT2D eigenvalue weighted by atomic mass is 79.9. The molecule has 1 aliphatic rings. The standard InChI is InChI=1S/C23H13Br2ClFNO3S/c24-17-9-13(10-18(25)21(17)31-12-14-3-1-2-4-19(14)27)11-20-22(29)28(23(30)32-20)16-7-5-15(26)6-8-16/h1-11H,12H2/b20-11+. The molecule has 0 atom stereocenters. The van der Waals surface area contributed by atoms with Gasteiger partial charge in [0.15, 0.2) is 0 Å². The highest BCUT2D eigenvalue weighted by molar-refractivity contribution is 9.11. The Hall–Kier alpha value is -2.13. The molecule has 0 bridgehead atoms. The fourth-order valence-corrected chi connectivity index (χ4v) is 5.42. The number of carbonyl (C=O) groups excluding carboxylic acids is 2. The van der Waals surface area contributed by atoms with Gasteiger partial charge in [0.2, 0.25) is 0 Å². The van der Waals surface area contributed by atoms with E-state index < -0.39 is 5.91 Å². The summed E-state index contributed by atoms with van der Waals surface area (Å²) < 4.78 is 20.9. The van der Waals surface area contributed by atoms with Crippen molar-refractivity contribution in [1.82, 2.24) is 0 Å². The largest absolute Gasteiger partial charge is 0.486 e. The Morgan fingerprint density at radius 1 is 1.03 bits per heavy atom. The molecule has 0 aromatic heterocycles. The monoisotopic (exact) mass is 595 g/mol. The molecule has 0 spiro atoms. The Bertz CT molecular complexity index is 1230. The Morgan fingerprint density at radius 3 is 2.34 bits per heavy atom. The van der Waals surface area contributed by atoms with Gasteiger partial charge in [0, 0.05) is 10.6 Å². The molecule has 0 radical (unpaired) electrons. The lowest BCUT2D eigenvalue weighted by Gasteiger charge is -2.13. The van der Waals surface area contributed by atoms with E-state index in [1.54, 1.807) is 60.7 Å². The Kier molecular flexibility index (Phi) is 7.05. The highest BCUT2D eigenvalue weighted by Gasteiger charge is 2.36. The molecule has 4 rings (SSSR count). The van der Waals surface area contributed by atoms with Crippen molar-refractivity contribution in [3.05, 3.63) is 96.5 Å². The number of halogens is 4. The van der Waals surface area contributed by atoms with E-state index in [1.165, 1.54) is 6.07 Å². The van der Waals surface area contributed by atoms with Crippen molar-refractivity contribution < 1.29 is 18.7 Å². The summed E-state index contributed by atoms with van der Waals surface area (Å²) in [5.41, 5.74) is 1.58. The average Bonchev–Trinajstić information content (AvgIpc) is 3.02. The molecule has 1 saturated heterocycles. The van der Waals surface area contributed by atoms with Crippen molar-refractivity contribution in [3.63, 3.8) is 0 Å². The van der Waals surface area contributed by atoms with E-state index in [0.717, 1.165) is 16.7 Å². The maximum Gasteiger partial charge on any atom is 0.298 e. The van der Waals surface area contributed by atoms with Gasteiger partial charge in [-0.15, -0.1) is 0 Å². The van der Waals surface area contributed by atoms with Crippen LogP contribution < -0.4 is 9.64 Å². The van der Waals surface area contributed by atoms with Crippen LogP contribution in [0.15, 0.2) is 74.5 Å². The first-order valence-electron chi connectivity index (χ1n) is 9.22. The number of carbonyl (C=O) groups is 2. The van der Waals surface area contributed by atoms with E-state index in [9.17, 15) is 14.0 Å². The van der Waals surface area contributed by atoms with Crippen LogP contribution in [0.2, 0.25) is 5.02 Å². The van der Waals surface area contributed by atoms with Crippen LogP contribution in [0.1, 0.15) is 11.1 Å². The van der Waals surface area contributed by atoms with Crippen molar-refractivity contribution in [2.24, 2.45) is 0 Å². The quantitative estimate of drug-likeness (QED) is 0.282. The van der Waals surface area contributed by atoms with Crippen molar-refractivity contribution in [1.29, 1.82) is 0 Å². The van der Waals surface area contributed by atoms with Gasteiger partial charge in [-0.25, -0.2) is 9.29 Å². The molecule has 0 aliphatic carbocycles. The second-order valence-corrected chi connectivity index (χ2v) is 9.83. The number of hydrogen-bond donors (Lipinski definition) is 0. The van der Waals surface area contributed by atoms with E-state index in [1.807, 2.05) is 0 Å². The molecule has 3 aromatic carbocycles. The minimum atomic E-state index is -0.408. The number of amides is 2. The van der Waals surface area contributed by atoms with Gasteiger partial charge in [0.1, 0.15) is 18.2 Å². The third-order valence-corrected chi connectivity index (χ3v) is 6.83. The molecular weight excluding hydrogens is 585 g/mol. The predicted molar refractivity (Wildman–Crippen MR) is 132 cm³/mol. The summed E-state index contributed by atoms with van der Waals surface area (Å²) in [6.45, 7) is 0.0587. The molecule has 0 N–H and O–H groups in total. The van der Waals surface area contributed by atoms with Gasteiger partial charge < -0.3 is 4.74 Å². The molecule has 1 heterocycles. The molecule has 162 valence electrons. The van der Waals surface area contributed by atoms with E-state index in [-0.39, 0.29) is 17.7 Å². The summed E-state index contributed by atoms with van der Waals surface area (Å²) >= 11 is 13.7. The second-order valence-electron chi connectivity index (χ2n) is 6.69. The Labute approximate surface area is 209 Å². The minimum absolute atomic E-state index is 0.0587. The maximum absolute atomic E-state index is 13.8. The van der Waals surface area contributed by atoms with Crippen LogP contribution in [-0.2, 0) is 11.4 Å². The Morgan fingerprint density at radius 2 is 1.69 bits per heavy atom. The topological polar surface area (TPSA) is 46.6 Å². The average molecular weight is 598 g/mol. The first-order chi connectivity index (χ1) is 15.3. The van der Waals surface area contributed by atoms with Crippen LogP contribution >= 0.6 is 55.2 Å². The SMILES string of the molecule is O=C1S/C(=C/c2cc(Br)c(OCc3ccccc3F)c(Br)c2)C(=O)N1c1ccc(Cl)cc1. The van der Waals surface area contributed by atoms with Gasteiger partial charge in [-0.2, -0.15) is 0 Å². The number of ether oxygens (including phenoxy) is 1. The molecule has 32 heavy (non-hydrogen) atoms. The number of thioether (sulfide) groups is 1. The normalized spacial score (nSPS) is 15.0. The zero-order valence-corrected chi connectivity index (χ0v) is 20.9. The van der Waals surface area contributed by atoms with Gasteiger partial charge in [-0.05, 0) is 97.7 Å². The summed E-state index contributed by atoms with van der Waals surface area (Å²) in [7, 11) is 0. The van der Waals surface area contributed by atoms with Crippen LogP contribution in [-0.4, -0.2) is 11.1 Å². The van der Waals surface area contributed by atoms with Crippen LogP contribution in [0.5, 0.6) is 5.75 Å². The van der Waals surface area contributed by atoms with E-state index >= 15 is 0 Å². The highest BCUT2D eigenvalue weighted by Crippen LogP contribution is 2.39. The van der Waals surface area contributed by atoms with Crippen LogP contribution in [0, 0.1) is 5.82 Å². The van der Waals surface area contributed by atoms with Gasteiger partial charge >= 0.3 is 0 Å². The molecule has 0 saturated carbocycles. The number of anilines is 1. The number of imide groups is 1. The van der Waals surface area contributed by atoms with Crippen LogP contribution in [0.3, 0.4) is 0 Å². The lowest BCUT2D eigenvalue weighted by Crippen LogP contribution is -2.27. The second kappa shape index (κ2) is 9.79. The number of nitrogens with zero attached hydrogens (tertiary/aromatic N) is 1. The zero-order valence-electron chi connectivity index (χ0n) is 16.2. The van der Waals surface area contributed by atoms with E-state index in [0.29, 0.717) is 41.4 Å². The summed E-state index contributed by atoms with van der Waals surface area (Å²) in [6.07, 6.45) is 1.64. The van der Waals surface area contributed by atoms with E-state index in [4.69, 9.17) is 16.3 Å². The number of benzene rings is 3. The molecule has 0 unspecified atom stereocenters. The lowest BCUT2D eigenvalue weighted by atomic mass is 10.2. The molecule has 3 aromatic rings. The number of hydrogen-bond acceptors (Lipinski definition) is 4.